The molecule has 0 spiro atoms. The van der Waals surface area contributed by atoms with Gasteiger partial charge >= 0.3 is 0 Å². The molecule has 0 aromatic carbocycles. The van der Waals surface area contributed by atoms with Gasteiger partial charge in [0.1, 0.15) is 0 Å². The summed E-state index contributed by atoms with van der Waals surface area (Å²) < 4.78 is 1.81. The average Bonchev–Trinajstić information content (AvgIpc) is 2.32. The van der Waals surface area contributed by atoms with Crippen molar-refractivity contribution in [2.24, 2.45) is 0 Å². The van der Waals surface area contributed by atoms with E-state index in [2.05, 4.69) is 20.8 Å². The lowest BCUT2D eigenvalue weighted by molar-refractivity contribution is 0.123. The van der Waals surface area contributed by atoms with Crippen molar-refractivity contribution in [1.82, 2.24) is 9.47 Å². The zero-order valence-corrected chi connectivity index (χ0v) is 12.3. The van der Waals surface area contributed by atoms with Crippen LogP contribution in [0.2, 0.25) is 0 Å². The number of alkyl halides is 1. The summed E-state index contributed by atoms with van der Waals surface area (Å²) in [6, 6.07) is 6.11. The molecule has 2 rings (SSSR count). The van der Waals surface area contributed by atoms with Crippen molar-refractivity contribution in [3.8, 4) is 0 Å². The Labute approximate surface area is 117 Å². The molecule has 0 atom stereocenters. The van der Waals surface area contributed by atoms with E-state index in [4.69, 9.17) is 0 Å². The molecule has 18 heavy (non-hydrogen) atoms. The number of aromatic nitrogens is 1. The summed E-state index contributed by atoms with van der Waals surface area (Å²) in [6.07, 6.45) is 7.07. The van der Waals surface area contributed by atoms with Crippen LogP contribution in [0.5, 0.6) is 0 Å². The summed E-state index contributed by atoms with van der Waals surface area (Å²) in [5, 5.41) is 1.06. The second-order valence-electron chi connectivity index (χ2n) is 4.90. The van der Waals surface area contributed by atoms with Gasteiger partial charge in [-0.25, -0.2) is 0 Å². The van der Waals surface area contributed by atoms with Gasteiger partial charge in [0, 0.05) is 36.7 Å². The van der Waals surface area contributed by atoms with Gasteiger partial charge in [0.2, 0.25) is 0 Å². The predicted octanol–water partition coefficient (Wildman–Crippen LogP) is 2.49. The van der Waals surface area contributed by atoms with Gasteiger partial charge in [-0.05, 0) is 31.9 Å². The molecule has 100 valence electrons. The third kappa shape index (κ3) is 3.69. The number of rotatable bonds is 7. The molecule has 1 aromatic heterocycles. The number of pyridine rings is 1. The van der Waals surface area contributed by atoms with Crippen LogP contribution in [0, 0.1) is 0 Å². The molecule has 0 bridgehead atoms. The van der Waals surface area contributed by atoms with Gasteiger partial charge in [-0.1, -0.05) is 28.4 Å². The van der Waals surface area contributed by atoms with Crippen molar-refractivity contribution in [3.63, 3.8) is 0 Å². The molecule has 1 heterocycles. The highest BCUT2D eigenvalue weighted by Gasteiger charge is 2.23. The van der Waals surface area contributed by atoms with E-state index in [0.717, 1.165) is 31.0 Å². The standard InChI is InChI=1S/C14H21BrN2O/c15-8-4-10-16(13-5-3-6-13)11-12-17-9-2-1-7-14(17)18/h1-2,7,9,13H,3-6,8,10-12H2. The molecule has 1 aliphatic carbocycles. The van der Waals surface area contributed by atoms with Crippen LogP contribution in [0.15, 0.2) is 29.2 Å². The molecule has 1 fully saturated rings. The molecular formula is C14H21BrN2O. The quantitative estimate of drug-likeness (QED) is 0.723. The zero-order valence-electron chi connectivity index (χ0n) is 10.7. The molecule has 1 aliphatic rings. The van der Waals surface area contributed by atoms with Crippen molar-refractivity contribution in [2.45, 2.75) is 38.3 Å². The Balaban J connectivity index is 1.88. The molecule has 0 radical (unpaired) electrons. The van der Waals surface area contributed by atoms with Gasteiger partial charge < -0.3 is 4.57 Å². The summed E-state index contributed by atoms with van der Waals surface area (Å²) in [7, 11) is 0. The molecule has 3 nitrogen and oxygen atoms in total. The number of hydrogen-bond acceptors (Lipinski definition) is 2. The maximum Gasteiger partial charge on any atom is 0.250 e. The Bertz CT molecular complexity index is 414. The Morgan fingerprint density at radius 2 is 2.17 bits per heavy atom. The van der Waals surface area contributed by atoms with E-state index < -0.39 is 0 Å². The van der Waals surface area contributed by atoms with Crippen LogP contribution >= 0.6 is 15.9 Å². The SMILES string of the molecule is O=c1ccccn1CCN(CCCBr)C1CCC1. The maximum absolute atomic E-state index is 11.6. The fourth-order valence-corrected chi connectivity index (χ4v) is 2.62. The second-order valence-corrected chi connectivity index (χ2v) is 5.69. The molecule has 0 saturated heterocycles. The van der Waals surface area contributed by atoms with E-state index in [0.29, 0.717) is 0 Å². The monoisotopic (exact) mass is 312 g/mol. The summed E-state index contributed by atoms with van der Waals surface area (Å²) in [5.41, 5.74) is 0.103. The van der Waals surface area contributed by atoms with Crippen LogP contribution in [0.25, 0.3) is 0 Å². The minimum Gasteiger partial charge on any atom is -0.314 e. The first-order chi connectivity index (χ1) is 8.81. The lowest BCUT2D eigenvalue weighted by atomic mass is 9.91. The van der Waals surface area contributed by atoms with E-state index in [1.807, 2.05) is 12.3 Å². The van der Waals surface area contributed by atoms with Crippen LogP contribution in [-0.2, 0) is 6.54 Å². The van der Waals surface area contributed by atoms with Crippen molar-refractivity contribution < 1.29 is 0 Å². The lowest BCUT2D eigenvalue weighted by Gasteiger charge is -2.37. The van der Waals surface area contributed by atoms with Crippen LogP contribution < -0.4 is 5.56 Å². The largest absolute Gasteiger partial charge is 0.314 e. The molecular weight excluding hydrogens is 292 g/mol. The van der Waals surface area contributed by atoms with Crippen LogP contribution in [0.4, 0.5) is 0 Å². The van der Waals surface area contributed by atoms with Crippen molar-refractivity contribution in [1.29, 1.82) is 0 Å². The minimum atomic E-state index is 0.103. The molecule has 1 aromatic rings. The van der Waals surface area contributed by atoms with Crippen LogP contribution in [-0.4, -0.2) is 33.9 Å². The van der Waals surface area contributed by atoms with E-state index >= 15 is 0 Å². The first-order valence-corrected chi connectivity index (χ1v) is 7.89. The Morgan fingerprint density at radius 3 is 2.78 bits per heavy atom. The highest BCUT2D eigenvalue weighted by Crippen LogP contribution is 2.24. The fourth-order valence-electron chi connectivity index (χ4n) is 2.37. The number of hydrogen-bond donors (Lipinski definition) is 0. The molecule has 0 aliphatic heterocycles. The first kappa shape index (κ1) is 13.8. The fraction of sp³-hybridized carbons (Fsp3) is 0.643. The maximum atomic E-state index is 11.6. The minimum absolute atomic E-state index is 0.103. The normalized spacial score (nSPS) is 15.9. The van der Waals surface area contributed by atoms with E-state index in [1.54, 1.807) is 16.7 Å². The smallest absolute Gasteiger partial charge is 0.250 e. The summed E-state index contributed by atoms with van der Waals surface area (Å²) in [5.74, 6) is 0. The Morgan fingerprint density at radius 1 is 1.33 bits per heavy atom. The topological polar surface area (TPSA) is 25.2 Å². The van der Waals surface area contributed by atoms with Gasteiger partial charge in [0.15, 0.2) is 0 Å². The van der Waals surface area contributed by atoms with E-state index in [-0.39, 0.29) is 5.56 Å². The highest BCUT2D eigenvalue weighted by atomic mass is 79.9. The Kier molecular flexibility index (Phi) is 5.45. The molecule has 0 unspecified atom stereocenters. The average molecular weight is 313 g/mol. The molecule has 0 amide bonds. The van der Waals surface area contributed by atoms with E-state index in [1.165, 1.54) is 25.7 Å². The third-order valence-corrected chi connectivity index (χ3v) is 4.26. The predicted molar refractivity (Wildman–Crippen MR) is 78.3 cm³/mol. The van der Waals surface area contributed by atoms with Crippen LogP contribution in [0.1, 0.15) is 25.7 Å². The van der Waals surface area contributed by atoms with Crippen molar-refractivity contribution in [2.75, 3.05) is 18.4 Å². The zero-order chi connectivity index (χ0) is 12.8. The number of nitrogens with zero attached hydrogens (tertiary/aromatic N) is 2. The van der Waals surface area contributed by atoms with Crippen molar-refractivity contribution >= 4 is 15.9 Å². The van der Waals surface area contributed by atoms with E-state index in [9.17, 15) is 4.79 Å². The molecule has 1 saturated carbocycles. The molecule has 4 heteroatoms. The molecule has 0 N–H and O–H groups in total. The van der Waals surface area contributed by atoms with Crippen LogP contribution in [0.3, 0.4) is 0 Å². The van der Waals surface area contributed by atoms with Gasteiger partial charge in [-0.15, -0.1) is 0 Å². The first-order valence-electron chi connectivity index (χ1n) is 6.77. The summed E-state index contributed by atoms with van der Waals surface area (Å²) in [6.45, 7) is 2.93. The highest BCUT2D eigenvalue weighted by molar-refractivity contribution is 9.09. The number of halogens is 1. The third-order valence-electron chi connectivity index (χ3n) is 3.70. The summed E-state index contributed by atoms with van der Waals surface area (Å²) >= 11 is 3.49. The lowest BCUT2D eigenvalue weighted by Crippen LogP contribution is -2.43. The Hall–Kier alpha value is -0.610. The van der Waals surface area contributed by atoms with Gasteiger partial charge in [-0.2, -0.15) is 0 Å². The van der Waals surface area contributed by atoms with Gasteiger partial charge in [0.25, 0.3) is 5.56 Å². The summed E-state index contributed by atoms with van der Waals surface area (Å²) in [4.78, 5) is 14.2. The van der Waals surface area contributed by atoms with Gasteiger partial charge in [-0.3, -0.25) is 9.69 Å². The van der Waals surface area contributed by atoms with Gasteiger partial charge in [0.05, 0.1) is 0 Å². The van der Waals surface area contributed by atoms with Crippen molar-refractivity contribution in [3.05, 3.63) is 34.7 Å². The second kappa shape index (κ2) is 7.10.